The fourth-order valence-corrected chi connectivity index (χ4v) is 2.97. The number of aliphatic hydroxyl groups is 1. The molecule has 0 unspecified atom stereocenters. The number of hydrogen-bond acceptors (Lipinski definition) is 2. The summed E-state index contributed by atoms with van der Waals surface area (Å²) in [7, 11) is 1.73. The molecule has 102 valence electrons. The maximum absolute atomic E-state index is 10.7. The zero-order valence-electron chi connectivity index (χ0n) is 11.4. The van der Waals surface area contributed by atoms with Crippen LogP contribution in [0.5, 0.6) is 0 Å². The van der Waals surface area contributed by atoms with Crippen molar-refractivity contribution in [2.24, 2.45) is 0 Å². The Morgan fingerprint density at radius 3 is 2.79 bits per heavy atom. The summed E-state index contributed by atoms with van der Waals surface area (Å²) in [6, 6.07) is 10.5. The number of rotatable bonds is 5. The molecule has 1 aliphatic carbocycles. The highest BCUT2D eigenvalue weighted by Gasteiger charge is 2.39. The molecule has 1 aliphatic rings. The first-order valence-corrected chi connectivity index (χ1v) is 7.05. The number of fused-ring (bicyclic) bond motifs is 1. The van der Waals surface area contributed by atoms with Crippen LogP contribution in [0.4, 0.5) is 0 Å². The Bertz CT molecular complexity index is 569. The Balaban J connectivity index is 2.01. The largest absolute Gasteiger partial charge is 0.385 e. The average molecular weight is 259 g/mol. The molecule has 19 heavy (non-hydrogen) atoms. The van der Waals surface area contributed by atoms with Crippen molar-refractivity contribution in [1.29, 1.82) is 0 Å². The molecule has 1 saturated carbocycles. The molecule has 0 saturated heterocycles. The first kappa shape index (κ1) is 12.7. The fraction of sp³-hybridized carbons (Fsp3) is 0.500. The van der Waals surface area contributed by atoms with Crippen LogP contribution in [0, 0.1) is 0 Å². The first-order chi connectivity index (χ1) is 9.24. The number of aryl methyl sites for hydroxylation is 1. The van der Waals surface area contributed by atoms with Gasteiger partial charge in [0.2, 0.25) is 0 Å². The van der Waals surface area contributed by atoms with E-state index in [2.05, 4.69) is 34.9 Å². The molecular formula is C16H21NO2. The van der Waals surface area contributed by atoms with Gasteiger partial charge in [-0.2, -0.15) is 0 Å². The Morgan fingerprint density at radius 2 is 2.11 bits per heavy atom. The van der Waals surface area contributed by atoms with E-state index in [-0.39, 0.29) is 0 Å². The van der Waals surface area contributed by atoms with Crippen molar-refractivity contribution in [2.75, 3.05) is 13.7 Å². The highest BCUT2D eigenvalue weighted by atomic mass is 16.5. The second-order valence-electron chi connectivity index (χ2n) is 5.47. The van der Waals surface area contributed by atoms with Crippen molar-refractivity contribution in [3.05, 3.63) is 36.0 Å². The van der Waals surface area contributed by atoms with E-state index in [1.807, 2.05) is 0 Å². The molecular weight excluding hydrogens is 238 g/mol. The lowest BCUT2D eigenvalue weighted by Crippen LogP contribution is -2.36. The Labute approximate surface area is 113 Å². The molecule has 1 aromatic carbocycles. The SMILES string of the molecule is COCCCn1c(C2(O)CCC2)cc2ccccc21. The fourth-order valence-electron chi connectivity index (χ4n) is 2.97. The summed E-state index contributed by atoms with van der Waals surface area (Å²) in [4.78, 5) is 0. The van der Waals surface area contributed by atoms with Gasteiger partial charge >= 0.3 is 0 Å². The third kappa shape index (κ3) is 2.17. The number of methoxy groups -OCH3 is 1. The third-order valence-corrected chi connectivity index (χ3v) is 4.20. The summed E-state index contributed by atoms with van der Waals surface area (Å²) >= 11 is 0. The molecule has 1 fully saturated rings. The van der Waals surface area contributed by atoms with Gasteiger partial charge in [0.25, 0.3) is 0 Å². The number of benzene rings is 1. The molecule has 1 aromatic heterocycles. The Kier molecular flexibility index (Phi) is 3.33. The number of aromatic nitrogens is 1. The molecule has 0 bridgehead atoms. The number of ether oxygens (including phenoxy) is 1. The second kappa shape index (κ2) is 4.99. The number of nitrogens with zero attached hydrogens (tertiary/aromatic N) is 1. The van der Waals surface area contributed by atoms with Crippen molar-refractivity contribution in [1.82, 2.24) is 4.57 Å². The van der Waals surface area contributed by atoms with E-state index in [4.69, 9.17) is 4.74 Å². The maximum Gasteiger partial charge on any atom is 0.105 e. The van der Waals surface area contributed by atoms with Gasteiger partial charge in [-0.25, -0.2) is 0 Å². The van der Waals surface area contributed by atoms with E-state index in [1.54, 1.807) is 7.11 Å². The summed E-state index contributed by atoms with van der Waals surface area (Å²) in [5.74, 6) is 0. The monoisotopic (exact) mass is 259 g/mol. The van der Waals surface area contributed by atoms with E-state index in [9.17, 15) is 5.11 Å². The van der Waals surface area contributed by atoms with Gasteiger partial charge < -0.3 is 14.4 Å². The lowest BCUT2D eigenvalue weighted by atomic mass is 9.77. The highest BCUT2D eigenvalue weighted by molar-refractivity contribution is 5.81. The smallest absolute Gasteiger partial charge is 0.105 e. The van der Waals surface area contributed by atoms with E-state index < -0.39 is 5.60 Å². The molecule has 3 nitrogen and oxygen atoms in total. The second-order valence-corrected chi connectivity index (χ2v) is 5.47. The van der Waals surface area contributed by atoms with Gasteiger partial charge in [-0.15, -0.1) is 0 Å². The standard InChI is InChI=1S/C16H21NO2/c1-19-11-5-10-17-14-7-3-2-6-13(14)12-15(17)16(18)8-4-9-16/h2-3,6-7,12,18H,4-5,8-11H2,1H3. The first-order valence-electron chi connectivity index (χ1n) is 7.05. The van der Waals surface area contributed by atoms with Crippen molar-refractivity contribution in [3.63, 3.8) is 0 Å². The quantitative estimate of drug-likeness (QED) is 0.837. The average Bonchev–Trinajstić information content (AvgIpc) is 2.76. The third-order valence-electron chi connectivity index (χ3n) is 4.20. The van der Waals surface area contributed by atoms with E-state index in [1.165, 1.54) is 10.9 Å². The number of para-hydroxylation sites is 1. The Morgan fingerprint density at radius 1 is 1.32 bits per heavy atom. The predicted octanol–water partition coefficient (Wildman–Crippen LogP) is 3.05. The van der Waals surface area contributed by atoms with E-state index >= 15 is 0 Å². The lowest BCUT2D eigenvalue weighted by molar-refractivity contribution is -0.0453. The predicted molar refractivity (Wildman–Crippen MR) is 76.2 cm³/mol. The molecule has 0 aliphatic heterocycles. The molecule has 2 aromatic rings. The zero-order valence-corrected chi connectivity index (χ0v) is 11.4. The van der Waals surface area contributed by atoms with E-state index in [0.717, 1.165) is 44.5 Å². The van der Waals surface area contributed by atoms with Crippen LogP contribution in [0.25, 0.3) is 10.9 Å². The molecule has 3 rings (SSSR count). The van der Waals surface area contributed by atoms with Gasteiger partial charge in [0.15, 0.2) is 0 Å². The normalized spacial score (nSPS) is 17.6. The van der Waals surface area contributed by atoms with Crippen LogP contribution in [-0.2, 0) is 16.9 Å². The van der Waals surface area contributed by atoms with Gasteiger partial charge in [0.1, 0.15) is 5.60 Å². The maximum atomic E-state index is 10.7. The van der Waals surface area contributed by atoms with Gasteiger partial charge in [0, 0.05) is 25.8 Å². The summed E-state index contributed by atoms with van der Waals surface area (Å²) in [6.45, 7) is 1.66. The van der Waals surface area contributed by atoms with Crippen molar-refractivity contribution in [3.8, 4) is 0 Å². The van der Waals surface area contributed by atoms with Crippen LogP contribution in [0.3, 0.4) is 0 Å². The van der Waals surface area contributed by atoms with Gasteiger partial charge in [0.05, 0.1) is 5.69 Å². The lowest BCUT2D eigenvalue weighted by Gasteiger charge is -2.37. The molecule has 0 spiro atoms. The minimum absolute atomic E-state index is 0.605. The molecule has 3 heteroatoms. The van der Waals surface area contributed by atoms with Crippen LogP contribution in [0.2, 0.25) is 0 Å². The van der Waals surface area contributed by atoms with Crippen molar-refractivity contribution < 1.29 is 9.84 Å². The zero-order chi connectivity index (χ0) is 13.3. The van der Waals surface area contributed by atoms with Crippen molar-refractivity contribution in [2.45, 2.75) is 37.8 Å². The molecule has 0 radical (unpaired) electrons. The van der Waals surface area contributed by atoms with Crippen LogP contribution in [0.15, 0.2) is 30.3 Å². The van der Waals surface area contributed by atoms with Crippen molar-refractivity contribution >= 4 is 10.9 Å². The van der Waals surface area contributed by atoms with Gasteiger partial charge in [-0.3, -0.25) is 0 Å². The highest BCUT2D eigenvalue weighted by Crippen LogP contribution is 2.43. The molecule has 0 atom stereocenters. The summed E-state index contributed by atoms with van der Waals surface area (Å²) in [6.07, 6.45) is 3.86. The minimum atomic E-state index is -0.605. The minimum Gasteiger partial charge on any atom is -0.385 e. The summed E-state index contributed by atoms with van der Waals surface area (Å²) in [5.41, 5.74) is 1.69. The number of hydrogen-bond donors (Lipinski definition) is 1. The van der Waals surface area contributed by atoms with Crippen LogP contribution in [-0.4, -0.2) is 23.4 Å². The molecule has 0 amide bonds. The van der Waals surface area contributed by atoms with E-state index in [0.29, 0.717) is 0 Å². The van der Waals surface area contributed by atoms with Gasteiger partial charge in [-0.05, 0) is 43.2 Å². The van der Waals surface area contributed by atoms with Gasteiger partial charge in [-0.1, -0.05) is 18.2 Å². The summed E-state index contributed by atoms with van der Waals surface area (Å²) in [5, 5.41) is 11.9. The summed E-state index contributed by atoms with van der Waals surface area (Å²) < 4.78 is 7.41. The van der Waals surface area contributed by atoms with Crippen LogP contribution < -0.4 is 0 Å². The van der Waals surface area contributed by atoms with Crippen LogP contribution >= 0.6 is 0 Å². The van der Waals surface area contributed by atoms with Crippen LogP contribution in [0.1, 0.15) is 31.4 Å². The molecule has 1 heterocycles. The Hall–Kier alpha value is -1.32. The molecule has 1 N–H and O–H groups in total. The topological polar surface area (TPSA) is 34.4 Å².